The fourth-order valence-electron chi connectivity index (χ4n) is 4.33. The molecule has 7 heteroatoms. The molecule has 2 heterocycles. The van der Waals surface area contributed by atoms with Crippen molar-refractivity contribution in [3.8, 4) is 0 Å². The quantitative estimate of drug-likeness (QED) is 0.456. The van der Waals surface area contributed by atoms with Crippen molar-refractivity contribution >= 4 is 11.6 Å². The van der Waals surface area contributed by atoms with Gasteiger partial charge in [0.2, 0.25) is 0 Å². The molecule has 32 heavy (non-hydrogen) atoms. The van der Waals surface area contributed by atoms with E-state index in [0.29, 0.717) is 16.9 Å². The van der Waals surface area contributed by atoms with Crippen molar-refractivity contribution in [2.75, 3.05) is 5.32 Å². The van der Waals surface area contributed by atoms with Crippen LogP contribution in [0.2, 0.25) is 0 Å². The lowest BCUT2D eigenvalue weighted by Gasteiger charge is -2.31. The third-order valence-corrected chi connectivity index (χ3v) is 6.18. The zero-order chi connectivity index (χ0) is 23.1. The second-order valence-electron chi connectivity index (χ2n) is 9.11. The average molecular weight is 441 g/mol. The summed E-state index contributed by atoms with van der Waals surface area (Å²) in [7, 11) is 0. The van der Waals surface area contributed by atoms with Gasteiger partial charge in [-0.25, -0.2) is 4.68 Å². The van der Waals surface area contributed by atoms with Gasteiger partial charge in [-0.05, 0) is 36.0 Å². The van der Waals surface area contributed by atoms with Gasteiger partial charge in [-0.15, -0.1) is 0 Å². The molecule has 0 spiro atoms. The molecule has 1 aliphatic heterocycles. The topological polar surface area (TPSA) is 46.9 Å². The minimum Gasteiger partial charge on any atom is -0.363 e. The van der Waals surface area contributed by atoms with Crippen molar-refractivity contribution in [2.24, 2.45) is 0 Å². The Balaban J connectivity index is 1.59. The first-order valence-electron chi connectivity index (χ1n) is 10.7. The van der Waals surface area contributed by atoms with E-state index in [0.717, 1.165) is 24.1 Å². The number of hydrogen-bond donors (Lipinski definition) is 1. The molecule has 4 nitrogen and oxygen atoms in total. The Kier molecular flexibility index (Phi) is 5.61. The molecule has 0 aliphatic carbocycles. The lowest BCUT2D eigenvalue weighted by atomic mass is 9.78. The van der Waals surface area contributed by atoms with Crippen molar-refractivity contribution in [2.45, 2.75) is 57.3 Å². The maximum atomic E-state index is 13.3. The molecule has 0 amide bonds. The molecule has 1 aliphatic rings. The van der Waals surface area contributed by atoms with Crippen molar-refractivity contribution in [3.63, 3.8) is 0 Å². The number of halogens is 3. The summed E-state index contributed by atoms with van der Waals surface area (Å²) in [5, 5.41) is 7.88. The first-order valence-corrected chi connectivity index (χ1v) is 10.7. The monoisotopic (exact) mass is 441 g/mol. The Morgan fingerprint density at radius 3 is 2.47 bits per heavy atom. The molecule has 0 saturated carbocycles. The van der Waals surface area contributed by atoms with E-state index in [1.807, 2.05) is 22.9 Å². The standard InChI is InChI=1S/C25H26F3N3O/c1-16-12-21(17-8-5-4-6-9-17)30-23-20(15-29-31(16)23)22(32)14-24(2,3)18-10-7-11-19(13-18)25(26,27)28/h4-11,13,15-16,21,30H,12,14H2,1-3H3. The second-order valence-corrected chi connectivity index (χ2v) is 9.11. The number of rotatable bonds is 5. The van der Waals surface area contributed by atoms with E-state index >= 15 is 0 Å². The van der Waals surface area contributed by atoms with Crippen molar-refractivity contribution < 1.29 is 18.0 Å². The number of aromatic nitrogens is 2. The van der Waals surface area contributed by atoms with Gasteiger partial charge in [0.15, 0.2) is 5.78 Å². The van der Waals surface area contributed by atoms with Crippen LogP contribution in [0.5, 0.6) is 0 Å². The molecular weight excluding hydrogens is 415 g/mol. The summed E-state index contributed by atoms with van der Waals surface area (Å²) in [5.41, 5.74) is 0.601. The predicted octanol–water partition coefficient (Wildman–Crippen LogP) is 6.57. The fraction of sp³-hybridized carbons (Fsp3) is 0.360. The van der Waals surface area contributed by atoms with E-state index in [-0.39, 0.29) is 24.3 Å². The predicted molar refractivity (Wildman–Crippen MR) is 118 cm³/mol. The van der Waals surface area contributed by atoms with Gasteiger partial charge in [-0.1, -0.05) is 62.4 Å². The van der Waals surface area contributed by atoms with E-state index in [4.69, 9.17) is 0 Å². The number of anilines is 1. The molecule has 0 bridgehead atoms. The molecule has 4 rings (SSSR count). The number of ketones is 1. The van der Waals surface area contributed by atoms with E-state index in [9.17, 15) is 18.0 Å². The van der Waals surface area contributed by atoms with Gasteiger partial charge in [0, 0.05) is 6.42 Å². The summed E-state index contributed by atoms with van der Waals surface area (Å²) in [6, 6.07) is 15.4. The van der Waals surface area contributed by atoms with Crippen LogP contribution < -0.4 is 5.32 Å². The zero-order valence-corrected chi connectivity index (χ0v) is 18.3. The summed E-state index contributed by atoms with van der Waals surface area (Å²) < 4.78 is 41.3. The van der Waals surface area contributed by atoms with Crippen LogP contribution >= 0.6 is 0 Å². The normalized spacial score (nSPS) is 18.7. The van der Waals surface area contributed by atoms with Crippen LogP contribution in [0, 0.1) is 0 Å². The van der Waals surface area contributed by atoms with Crippen LogP contribution in [-0.2, 0) is 11.6 Å². The minimum atomic E-state index is -4.42. The third kappa shape index (κ3) is 4.29. The number of carbonyl (C=O) groups excluding carboxylic acids is 1. The van der Waals surface area contributed by atoms with Gasteiger partial charge < -0.3 is 5.32 Å². The SMILES string of the molecule is CC1CC(c2ccccc2)Nc2c(C(=O)CC(C)(C)c3cccc(C(F)(F)F)c3)cnn21. The van der Waals surface area contributed by atoms with Gasteiger partial charge in [0.25, 0.3) is 0 Å². The molecule has 2 atom stereocenters. The first-order chi connectivity index (χ1) is 15.1. The van der Waals surface area contributed by atoms with Crippen molar-refractivity contribution in [3.05, 3.63) is 83.0 Å². The molecule has 0 fully saturated rings. The summed E-state index contributed by atoms with van der Waals surface area (Å²) >= 11 is 0. The lowest BCUT2D eigenvalue weighted by molar-refractivity contribution is -0.137. The number of Topliss-reactive ketones (excluding diaryl/α,β-unsaturated/α-hetero) is 1. The minimum absolute atomic E-state index is 0.0541. The lowest BCUT2D eigenvalue weighted by Crippen LogP contribution is -2.27. The van der Waals surface area contributed by atoms with Crippen LogP contribution in [0.25, 0.3) is 0 Å². The number of alkyl halides is 3. The van der Waals surface area contributed by atoms with Crippen LogP contribution in [0.4, 0.5) is 19.0 Å². The number of benzene rings is 2. The van der Waals surface area contributed by atoms with E-state index in [1.54, 1.807) is 26.1 Å². The van der Waals surface area contributed by atoms with Gasteiger partial charge in [0.1, 0.15) is 5.82 Å². The molecule has 2 unspecified atom stereocenters. The highest BCUT2D eigenvalue weighted by Crippen LogP contribution is 2.39. The number of nitrogens with one attached hydrogen (secondary N) is 1. The molecule has 3 aromatic rings. The summed E-state index contributed by atoms with van der Waals surface area (Å²) in [6.45, 7) is 5.65. The summed E-state index contributed by atoms with van der Waals surface area (Å²) in [4.78, 5) is 13.3. The Labute approximate surface area is 185 Å². The Hall–Kier alpha value is -3.09. The Bertz CT molecular complexity index is 1120. The highest BCUT2D eigenvalue weighted by atomic mass is 19.4. The molecule has 0 radical (unpaired) electrons. The van der Waals surface area contributed by atoms with Gasteiger partial charge >= 0.3 is 6.18 Å². The molecule has 1 aromatic heterocycles. The largest absolute Gasteiger partial charge is 0.416 e. The van der Waals surface area contributed by atoms with E-state index in [1.165, 1.54) is 6.07 Å². The molecule has 0 saturated heterocycles. The number of nitrogens with zero attached hydrogens (tertiary/aromatic N) is 2. The number of hydrogen-bond acceptors (Lipinski definition) is 3. The first kappa shape index (κ1) is 22.1. The maximum Gasteiger partial charge on any atom is 0.416 e. The van der Waals surface area contributed by atoms with Crippen molar-refractivity contribution in [1.82, 2.24) is 9.78 Å². The smallest absolute Gasteiger partial charge is 0.363 e. The maximum absolute atomic E-state index is 13.3. The van der Waals surface area contributed by atoms with Crippen LogP contribution in [-0.4, -0.2) is 15.6 Å². The fourth-order valence-corrected chi connectivity index (χ4v) is 4.33. The number of carbonyl (C=O) groups is 1. The molecular formula is C25H26F3N3O. The zero-order valence-electron chi connectivity index (χ0n) is 18.3. The Morgan fingerprint density at radius 2 is 1.78 bits per heavy atom. The number of fused-ring (bicyclic) bond motifs is 1. The molecule has 2 aromatic carbocycles. The third-order valence-electron chi connectivity index (χ3n) is 6.18. The highest BCUT2D eigenvalue weighted by Gasteiger charge is 2.34. The van der Waals surface area contributed by atoms with Crippen LogP contribution in [0.1, 0.15) is 72.7 Å². The molecule has 168 valence electrons. The summed E-state index contributed by atoms with van der Waals surface area (Å²) in [6.07, 6.45) is -1.95. The average Bonchev–Trinajstić information content (AvgIpc) is 3.18. The second kappa shape index (κ2) is 8.11. The van der Waals surface area contributed by atoms with Gasteiger partial charge in [-0.2, -0.15) is 18.3 Å². The highest BCUT2D eigenvalue weighted by molar-refractivity contribution is 6.01. The van der Waals surface area contributed by atoms with Crippen LogP contribution in [0.15, 0.2) is 60.8 Å². The van der Waals surface area contributed by atoms with Gasteiger partial charge in [0.05, 0.1) is 29.4 Å². The molecule has 1 N–H and O–H groups in total. The Morgan fingerprint density at radius 1 is 1.09 bits per heavy atom. The van der Waals surface area contributed by atoms with Crippen molar-refractivity contribution in [1.29, 1.82) is 0 Å². The van der Waals surface area contributed by atoms with E-state index < -0.39 is 17.2 Å². The van der Waals surface area contributed by atoms with Gasteiger partial charge in [-0.3, -0.25) is 4.79 Å². The summed E-state index contributed by atoms with van der Waals surface area (Å²) in [5.74, 6) is 0.518. The van der Waals surface area contributed by atoms with Crippen LogP contribution in [0.3, 0.4) is 0 Å². The van der Waals surface area contributed by atoms with E-state index in [2.05, 4.69) is 29.5 Å².